The Labute approximate surface area is 174 Å². The molecule has 6 nitrogen and oxygen atoms in total. The van der Waals surface area contributed by atoms with Gasteiger partial charge in [0.15, 0.2) is 23.0 Å². The number of benzene rings is 2. The van der Waals surface area contributed by atoms with Crippen LogP contribution in [0.1, 0.15) is 21.9 Å². The minimum atomic E-state index is 0.208. The van der Waals surface area contributed by atoms with Gasteiger partial charge < -0.3 is 30.3 Å². The Morgan fingerprint density at radius 3 is 1.50 bits per heavy atom. The van der Waals surface area contributed by atoms with Gasteiger partial charge in [-0.25, -0.2) is 0 Å². The lowest BCUT2D eigenvalue weighted by atomic mass is 10.2. The van der Waals surface area contributed by atoms with Crippen molar-refractivity contribution in [2.45, 2.75) is 10.7 Å². The lowest BCUT2D eigenvalue weighted by Gasteiger charge is -2.11. The molecule has 4 N–H and O–H groups in total. The van der Waals surface area contributed by atoms with E-state index in [0.29, 0.717) is 22.2 Å². The van der Waals surface area contributed by atoms with Crippen LogP contribution in [0, 0.1) is 0 Å². The second kappa shape index (κ2) is 10.2. The Morgan fingerprint density at radius 1 is 0.786 bits per heavy atom. The van der Waals surface area contributed by atoms with E-state index in [0.717, 1.165) is 35.7 Å². The summed E-state index contributed by atoms with van der Waals surface area (Å²) in [7, 11) is 3.11. The number of hydrogen-bond acceptors (Lipinski definition) is 8. The smallest absolute Gasteiger partial charge is 0.160 e. The van der Waals surface area contributed by atoms with Gasteiger partial charge in [0.1, 0.15) is 0 Å². The summed E-state index contributed by atoms with van der Waals surface area (Å²) in [5.74, 6) is 3.71. The van der Waals surface area contributed by atoms with Crippen LogP contribution in [0.2, 0.25) is 0 Å². The van der Waals surface area contributed by atoms with Gasteiger partial charge in [0.05, 0.1) is 25.0 Å². The number of nitrogens with one attached hydrogen (secondary N) is 2. The summed E-state index contributed by atoms with van der Waals surface area (Å²) in [4.78, 5) is 0. The standard InChI is InChI=1S/2C10H13NO2S/c2*1-13-9-3-2-7(6-8(9)12)10-11-4-5-14-10/h2*2-3,6,10-12H,4-5H2,1H3. The first-order valence-corrected chi connectivity index (χ1v) is 11.2. The maximum absolute atomic E-state index is 9.59. The van der Waals surface area contributed by atoms with E-state index in [-0.39, 0.29) is 11.5 Å². The monoisotopic (exact) mass is 422 g/mol. The summed E-state index contributed by atoms with van der Waals surface area (Å²) in [6.45, 7) is 2.06. The quantitative estimate of drug-likeness (QED) is 0.596. The van der Waals surface area contributed by atoms with Crippen molar-refractivity contribution in [1.29, 1.82) is 0 Å². The van der Waals surface area contributed by atoms with E-state index in [2.05, 4.69) is 10.6 Å². The molecule has 8 heteroatoms. The molecule has 2 saturated heterocycles. The molecule has 0 aromatic heterocycles. The Hall–Kier alpha value is -1.74. The Balaban J connectivity index is 0.000000161. The second-order valence-corrected chi connectivity index (χ2v) is 8.70. The number of rotatable bonds is 4. The van der Waals surface area contributed by atoms with E-state index < -0.39 is 0 Å². The van der Waals surface area contributed by atoms with E-state index >= 15 is 0 Å². The predicted molar refractivity (Wildman–Crippen MR) is 116 cm³/mol. The summed E-state index contributed by atoms with van der Waals surface area (Å²) >= 11 is 3.71. The minimum absolute atomic E-state index is 0.208. The van der Waals surface area contributed by atoms with Gasteiger partial charge in [0, 0.05) is 24.6 Å². The molecule has 2 aliphatic rings. The molecule has 0 saturated carbocycles. The SMILES string of the molecule is COc1ccc(C2NCCS2)cc1O.COc1ccc(C2NCCS2)cc1O. The van der Waals surface area contributed by atoms with Crippen LogP contribution in [-0.2, 0) is 0 Å². The molecule has 0 radical (unpaired) electrons. The van der Waals surface area contributed by atoms with Gasteiger partial charge in [-0.1, -0.05) is 12.1 Å². The summed E-state index contributed by atoms with van der Waals surface area (Å²) < 4.78 is 9.97. The molecular weight excluding hydrogens is 396 g/mol. The highest BCUT2D eigenvalue weighted by Crippen LogP contribution is 2.36. The average Bonchev–Trinajstić information content (AvgIpc) is 3.42. The molecule has 2 fully saturated rings. The molecule has 2 aromatic rings. The molecule has 2 atom stereocenters. The van der Waals surface area contributed by atoms with Gasteiger partial charge in [-0.05, 0) is 35.4 Å². The fraction of sp³-hybridized carbons (Fsp3) is 0.400. The number of phenols is 2. The zero-order chi connectivity index (χ0) is 19.9. The fourth-order valence-corrected chi connectivity index (χ4v) is 5.11. The van der Waals surface area contributed by atoms with Crippen molar-refractivity contribution in [3.8, 4) is 23.0 Å². The van der Waals surface area contributed by atoms with E-state index in [1.807, 2.05) is 35.7 Å². The van der Waals surface area contributed by atoms with Crippen LogP contribution in [0.3, 0.4) is 0 Å². The molecule has 152 valence electrons. The van der Waals surface area contributed by atoms with Crippen molar-refractivity contribution < 1.29 is 19.7 Å². The maximum atomic E-state index is 9.59. The summed E-state index contributed by atoms with van der Waals surface area (Å²) in [5, 5.41) is 26.5. The first-order valence-electron chi connectivity index (χ1n) is 9.06. The highest BCUT2D eigenvalue weighted by Gasteiger charge is 2.18. The number of ether oxygens (including phenoxy) is 2. The zero-order valence-electron chi connectivity index (χ0n) is 16.0. The minimum Gasteiger partial charge on any atom is -0.504 e. The zero-order valence-corrected chi connectivity index (χ0v) is 17.6. The van der Waals surface area contributed by atoms with Crippen LogP contribution in [0.5, 0.6) is 23.0 Å². The number of thioether (sulfide) groups is 2. The van der Waals surface area contributed by atoms with Crippen LogP contribution in [-0.4, -0.2) is 49.0 Å². The van der Waals surface area contributed by atoms with Gasteiger partial charge in [-0.2, -0.15) is 0 Å². The lowest BCUT2D eigenvalue weighted by Crippen LogP contribution is -2.11. The van der Waals surface area contributed by atoms with Crippen LogP contribution in [0.25, 0.3) is 0 Å². The molecule has 0 spiro atoms. The first kappa shape index (κ1) is 21.0. The van der Waals surface area contributed by atoms with E-state index in [4.69, 9.17) is 9.47 Å². The van der Waals surface area contributed by atoms with Gasteiger partial charge in [0.2, 0.25) is 0 Å². The molecule has 0 bridgehead atoms. The molecule has 2 heterocycles. The number of aromatic hydroxyl groups is 2. The molecular formula is C20H26N2O4S2. The second-order valence-electron chi connectivity index (χ2n) is 6.27. The maximum Gasteiger partial charge on any atom is 0.160 e. The van der Waals surface area contributed by atoms with Crippen molar-refractivity contribution in [3.05, 3.63) is 47.5 Å². The van der Waals surface area contributed by atoms with Gasteiger partial charge in [-0.3, -0.25) is 0 Å². The summed E-state index contributed by atoms with van der Waals surface area (Å²) in [5.41, 5.74) is 2.21. The van der Waals surface area contributed by atoms with E-state index in [1.165, 1.54) is 0 Å². The Morgan fingerprint density at radius 2 is 1.21 bits per heavy atom. The van der Waals surface area contributed by atoms with Crippen molar-refractivity contribution in [2.75, 3.05) is 38.8 Å². The van der Waals surface area contributed by atoms with Crippen LogP contribution in [0.15, 0.2) is 36.4 Å². The van der Waals surface area contributed by atoms with E-state index in [9.17, 15) is 10.2 Å². The van der Waals surface area contributed by atoms with Gasteiger partial charge in [-0.15, -0.1) is 23.5 Å². The van der Waals surface area contributed by atoms with Crippen LogP contribution in [0.4, 0.5) is 0 Å². The fourth-order valence-electron chi connectivity index (χ4n) is 3.02. The number of methoxy groups -OCH3 is 2. The summed E-state index contributed by atoms with van der Waals surface area (Å²) in [6.07, 6.45) is 0. The molecule has 2 aliphatic heterocycles. The van der Waals surface area contributed by atoms with Crippen molar-refractivity contribution in [3.63, 3.8) is 0 Å². The molecule has 2 aromatic carbocycles. The molecule has 28 heavy (non-hydrogen) atoms. The molecule has 0 amide bonds. The Bertz CT molecular complexity index is 713. The summed E-state index contributed by atoms with van der Waals surface area (Å²) in [6, 6.07) is 11.1. The van der Waals surface area contributed by atoms with Crippen LogP contribution >= 0.6 is 23.5 Å². The normalized spacial score (nSPS) is 21.1. The predicted octanol–water partition coefficient (Wildman–Crippen LogP) is 3.47. The van der Waals surface area contributed by atoms with E-state index in [1.54, 1.807) is 38.5 Å². The topological polar surface area (TPSA) is 83.0 Å². The van der Waals surface area contributed by atoms with Gasteiger partial charge in [0.25, 0.3) is 0 Å². The van der Waals surface area contributed by atoms with Crippen molar-refractivity contribution in [1.82, 2.24) is 10.6 Å². The highest BCUT2D eigenvalue weighted by atomic mass is 32.2. The third-order valence-corrected chi connectivity index (χ3v) is 6.87. The molecule has 4 rings (SSSR count). The largest absolute Gasteiger partial charge is 0.504 e. The lowest BCUT2D eigenvalue weighted by molar-refractivity contribution is 0.373. The number of phenolic OH excluding ortho intramolecular Hbond substituents is 2. The Kier molecular flexibility index (Phi) is 7.61. The first-order chi connectivity index (χ1) is 13.6. The average molecular weight is 423 g/mol. The van der Waals surface area contributed by atoms with Crippen molar-refractivity contribution >= 4 is 23.5 Å². The highest BCUT2D eigenvalue weighted by molar-refractivity contribution is 8.00. The molecule has 2 unspecified atom stereocenters. The number of hydrogen-bond donors (Lipinski definition) is 4. The van der Waals surface area contributed by atoms with Gasteiger partial charge >= 0.3 is 0 Å². The third-order valence-electron chi connectivity index (χ3n) is 4.44. The molecule has 0 aliphatic carbocycles. The van der Waals surface area contributed by atoms with Crippen LogP contribution < -0.4 is 20.1 Å². The third kappa shape index (κ3) is 5.20. The van der Waals surface area contributed by atoms with Crippen molar-refractivity contribution in [2.24, 2.45) is 0 Å².